The van der Waals surface area contributed by atoms with Crippen LogP contribution in [0.25, 0.3) is 11.0 Å². The quantitative estimate of drug-likeness (QED) is 0.719. The number of nitrogens with zero attached hydrogens (tertiary/aromatic N) is 4. The van der Waals surface area contributed by atoms with Crippen molar-refractivity contribution in [2.45, 2.75) is 6.54 Å². The number of hydrogen-bond acceptors (Lipinski definition) is 4. The van der Waals surface area contributed by atoms with E-state index < -0.39 is 0 Å². The Labute approximate surface area is 121 Å². The third kappa shape index (κ3) is 2.47. The molecule has 0 amide bonds. The lowest BCUT2D eigenvalue weighted by atomic mass is 10.2. The van der Waals surface area contributed by atoms with E-state index in [1.165, 1.54) is 4.57 Å². The predicted octanol–water partition coefficient (Wildman–Crippen LogP) is 0.706. The van der Waals surface area contributed by atoms with Gasteiger partial charge in [-0.2, -0.15) is 9.55 Å². The van der Waals surface area contributed by atoms with Crippen LogP contribution in [0.5, 0.6) is 0 Å². The molecule has 0 spiro atoms. The minimum atomic E-state index is -0.0819. The van der Waals surface area contributed by atoms with Gasteiger partial charge in [0.1, 0.15) is 11.3 Å². The fraction of sp³-hybridized carbons (Fsp3) is 0.200. The number of aryl methyl sites for hydroxylation is 1. The molecule has 0 aliphatic carbocycles. The van der Waals surface area contributed by atoms with E-state index in [1.807, 2.05) is 35.2 Å². The summed E-state index contributed by atoms with van der Waals surface area (Å²) in [5, 5.41) is 3.83. The summed E-state index contributed by atoms with van der Waals surface area (Å²) in [6.07, 6.45) is 3.96. The number of aromatic nitrogens is 4. The summed E-state index contributed by atoms with van der Waals surface area (Å²) in [6.45, 7) is 0.618. The van der Waals surface area contributed by atoms with Crippen molar-refractivity contribution in [2.75, 3.05) is 12.4 Å². The van der Waals surface area contributed by atoms with E-state index in [4.69, 9.17) is 0 Å². The first-order valence-electron chi connectivity index (χ1n) is 6.67. The Balaban J connectivity index is 2.21. The number of hydrogen-bond donors (Lipinski definition) is 1. The Morgan fingerprint density at radius 2 is 1.95 bits per heavy atom. The minimum absolute atomic E-state index is 0.0819. The SMILES string of the molecule is CNc1nc(C[n+]2ccccc2)c2ccc(=O)n(C)c2n1. The first kappa shape index (κ1) is 13.2. The van der Waals surface area contributed by atoms with Crippen LogP contribution < -0.4 is 15.4 Å². The van der Waals surface area contributed by atoms with Gasteiger partial charge in [-0.15, -0.1) is 0 Å². The lowest BCUT2D eigenvalue weighted by molar-refractivity contribution is -0.688. The van der Waals surface area contributed by atoms with Gasteiger partial charge in [-0.1, -0.05) is 6.07 Å². The van der Waals surface area contributed by atoms with E-state index in [1.54, 1.807) is 26.2 Å². The molecule has 21 heavy (non-hydrogen) atoms. The summed E-state index contributed by atoms with van der Waals surface area (Å²) >= 11 is 0. The summed E-state index contributed by atoms with van der Waals surface area (Å²) in [6, 6.07) is 9.24. The van der Waals surface area contributed by atoms with Gasteiger partial charge in [0.05, 0.1) is 0 Å². The van der Waals surface area contributed by atoms with Crippen molar-refractivity contribution in [3.63, 3.8) is 0 Å². The predicted molar refractivity (Wildman–Crippen MR) is 80.1 cm³/mol. The van der Waals surface area contributed by atoms with E-state index in [9.17, 15) is 4.79 Å². The zero-order valence-electron chi connectivity index (χ0n) is 11.9. The third-order valence-electron chi connectivity index (χ3n) is 3.38. The first-order chi connectivity index (χ1) is 10.2. The second kappa shape index (κ2) is 5.32. The van der Waals surface area contributed by atoms with E-state index in [0.717, 1.165) is 11.1 Å². The highest BCUT2D eigenvalue weighted by Gasteiger charge is 2.13. The molecule has 1 N–H and O–H groups in total. The molecule has 6 nitrogen and oxygen atoms in total. The molecular weight excluding hydrogens is 266 g/mol. The third-order valence-corrected chi connectivity index (χ3v) is 3.38. The molecule has 0 saturated carbocycles. The Kier molecular flexibility index (Phi) is 3.35. The Morgan fingerprint density at radius 1 is 1.19 bits per heavy atom. The molecule has 0 fully saturated rings. The molecule has 0 unspecified atom stereocenters. The summed E-state index contributed by atoms with van der Waals surface area (Å²) in [5.41, 5.74) is 1.42. The summed E-state index contributed by atoms with van der Waals surface area (Å²) in [5.74, 6) is 0.509. The largest absolute Gasteiger partial charge is 0.357 e. The van der Waals surface area contributed by atoms with Crippen molar-refractivity contribution in [3.05, 3.63) is 58.8 Å². The number of fused-ring (bicyclic) bond motifs is 1. The fourth-order valence-corrected chi connectivity index (χ4v) is 2.24. The van der Waals surface area contributed by atoms with Gasteiger partial charge in [0, 0.05) is 37.7 Å². The van der Waals surface area contributed by atoms with Crippen molar-refractivity contribution in [2.24, 2.45) is 7.05 Å². The van der Waals surface area contributed by atoms with Gasteiger partial charge < -0.3 is 5.32 Å². The van der Waals surface area contributed by atoms with E-state index in [0.29, 0.717) is 18.1 Å². The number of pyridine rings is 2. The maximum atomic E-state index is 11.8. The normalized spacial score (nSPS) is 10.8. The van der Waals surface area contributed by atoms with Gasteiger partial charge in [0.2, 0.25) is 5.95 Å². The number of anilines is 1. The fourth-order valence-electron chi connectivity index (χ4n) is 2.24. The van der Waals surface area contributed by atoms with Crippen molar-refractivity contribution >= 4 is 17.0 Å². The molecule has 0 radical (unpaired) electrons. The Bertz CT molecular complexity index is 842. The topological polar surface area (TPSA) is 63.7 Å². The molecule has 0 saturated heterocycles. The molecule has 0 atom stereocenters. The molecule has 0 bridgehead atoms. The molecule has 0 aliphatic heterocycles. The van der Waals surface area contributed by atoms with Crippen molar-refractivity contribution in [1.29, 1.82) is 0 Å². The van der Waals surface area contributed by atoms with Crippen molar-refractivity contribution in [1.82, 2.24) is 14.5 Å². The Hall–Kier alpha value is -2.76. The first-order valence-corrected chi connectivity index (χ1v) is 6.67. The summed E-state index contributed by atoms with van der Waals surface area (Å²) < 4.78 is 3.57. The standard InChI is InChI=1S/C15H15N5O/c1-16-15-17-12(10-20-8-4-3-5-9-20)11-6-7-13(21)19(2)14(11)18-15/h3-9H,10H2,1-2H3/p+1. The molecule has 6 heteroatoms. The van der Waals surface area contributed by atoms with Gasteiger partial charge in [-0.25, -0.2) is 4.98 Å². The highest BCUT2D eigenvalue weighted by atomic mass is 16.1. The maximum Gasteiger partial charge on any atom is 0.251 e. The van der Waals surface area contributed by atoms with Crippen LogP contribution in [0.4, 0.5) is 5.95 Å². The highest BCUT2D eigenvalue weighted by molar-refractivity contribution is 5.78. The molecule has 0 aromatic carbocycles. The highest BCUT2D eigenvalue weighted by Crippen LogP contribution is 2.15. The molecule has 106 valence electrons. The van der Waals surface area contributed by atoms with Crippen LogP contribution in [0, 0.1) is 0 Å². The van der Waals surface area contributed by atoms with Gasteiger partial charge in [-0.3, -0.25) is 9.36 Å². The second-order valence-electron chi connectivity index (χ2n) is 4.76. The van der Waals surface area contributed by atoms with Crippen LogP contribution in [0.2, 0.25) is 0 Å². The number of nitrogens with one attached hydrogen (secondary N) is 1. The van der Waals surface area contributed by atoms with E-state index in [2.05, 4.69) is 15.3 Å². The maximum absolute atomic E-state index is 11.8. The minimum Gasteiger partial charge on any atom is -0.357 e. The van der Waals surface area contributed by atoms with Gasteiger partial charge in [0.25, 0.3) is 5.56 Å². The monoisotopic (exact) mass is 282 g/mol. The van der Waals surface area contributed by atoms with Crippen LogP contribution in [0.15, 0.2) is 47.5 Å². The number of rotatable bonds is 3. The lowest BCUT2D eigenvalue weighted by Crippen LogP contribution is -2.33. The summed E-state index contributed by atoms with van der Waals surface area (Å²) in [7, 11) is 3.48. The van der Waals surface area contributed by atoms with E-state index >= 15 is 0 Å². The summed E-state index contributed by atoms with van der Waals surface area (Å²) in [4.78, 5) is 20.7. The second-order valence-corrected chi connectivity index (χ2v) is 4.76. The van der Waals surface area contributed by atoms with Crippen LogP contribution in [0.1, 0.15) is 5.69 Å². The van der Waals surface area contributed by atoms with Crippen LogP contribution >= 0.6 is 0 Å². The van der Waals surface area contributed by atoms with Crippen LogP contribution in [0.3, 0.4) is 0 Å². The molecular formula is C15H16N5O+. The molecule has 3 aromatic rings. The van der Waals surface area contributed by atoms with Crippen molar-refractivity contribution in [3.8, 4) is 0 Å². The van der Waals surface area contributed by atoms with E-state index in [-0.39, 0.29) is 5.56 Å². The van der Waals surface area contributed by atoms with Crippen LogP contribution in [-0.2, 0) is 13.6 Å². The smallest absolute Gasteiger partial charge is 0.251 e. The lowest BCUT2D eigenvalue weighted by Gasteiger charge is -2.08. The molecule has 0 aliphatic rings. The Morgan fingerprint density at radius 3 is 2.67 bits per heavy atom. The van der Waals surface area contributed by atoms with Crippen molar-refractivity contribution < 1.29 is 4.57 Å². The van der Waals surface area contributed by atoms with Crippen LogP contribution in [-0.4, -0.2) is 21.6 Å². The molecule has 3 heterocycles. The average molecular weight is 282 g/mol. The molecule has 3 rings (SSSR count). The molecule has 3 aromatic heterocycles. The zero-order chi connectivity index (χ0) is 14.8. The van der Waals surface area contributed by atoms with Gasteiger partial charge >= 0.3 is 0 Å². The average Bonchev–Trinajstić information content (AvgIpc) is 2.52. The van der Waals surface area contributed by atoms with Gasteiger partial charge in [-0.05, 0) is 6.07 Å². The van der Waals surface area contributed by atoms with Gasteiger partial charge in [0.15, 0.2) is 18.9 Å². The zero-order valence-corrected chi connectivity index (χ0v) is 11.9.